The van der Waals surface area contributed by atoms with Crippen LogP contribution in [-0.2, 0) is 4.79 Å². The second kappa shape index (κ2) is 7.64. The van der Waals surface area contributed by atoms with Crippen molar-refractivity contribution in [2.45, 2.75) is 20.8 Å². The van der Waals surface area contributed by atoms with Crippen LogP contribution in [0.4, 0.5) is 0 Å². The Labute approximate surface area is 143 Å². The van der Waals surface area contributed by atoms with E-state index in [1.54, 1.807) is 19.1 Å². The van der Waals surface area contributed by atoms with Crippen molar-refractivity contribution in [1.82, 2.24) is 0 Å². The van der Waals surface area contributed by atoms with Gasteiger partial charge in [-0.1, -0.05) is 31.4 Å². The van der Waals surface area contributed by atoms with E-state index in [0.717, 1.165) is 28.0 Å². The zero-order valence-corrected chi connectivity index (χ0v) is 14.4. The van der Waals surface area contributed by atoms with Crippen LogP contribution in [0, 0.1) is 6.92 Å². The Morgan fingerprint density at radius 2 is 1.62 bits per heavy atom. The maximum Gasteiger partial charge on any atom is 0.338 e. The molecule has 2 aromatic rings. The second-order valence-electron chi connectivity index (χ2n) is 5.92. The highest BCUT2D eigenvalue weighted by Gasteiger charge is 2.07. The summed E-state index contributed by atoms with van der Waals surface area (Å²) in [4.78, 5) is 11.5. The van der Waals surface area contributed by atoms with Crippen molar-refractivity contribution >= 4 is 5.97 Å². The Morgan fingerprint density at radius 1 is 1.00 bits per heavy atom. The molecule has 2 rings (SSSR count). The predicted octanol–water partition coefficient (Wildman–Crippen LogP) is 5.10. The molecule has 0 aliphatic carbocycles. The van der Waals surface area contributed by atoms with Crippen LogP contribution in [0.15, 0.2) is 66.8 Å². The first kappa shape index (κ1) is 17.5. The van der Waals surface area contributed by atoms with Gasteiger partial charge < -0.3 is 9.47 Å². The fourth-order valence-electron chi connectivity index (χ4n) is 2.15. The maximum absolute atomic E-state index is 11.5. The van der Waals surface area contributed by atoms with E-state index in [9.17, 15) is 4.79 Å². The van der Waals surface area contributed by atoms with Crippen molar-refractivity contribution in [2.75, 3.05) is 6.61 Å². The van der Waals surface area contributed by atoms with Gasteiger partial charge in [0, 0.05) is 5.57 Å². The molecule has 0 spiro atoms. The molecule has 0 aromatic heterocycles. The van der Waals surface area contributed by atoms with E-state index in [1.807, 2.05) is 44.2 Å². The van der Waals surface area contributed by atoms with Gasteiger partial charge in [0.2, 0.25) is 0 Å². The van der Waals surface area contributed by atoms with Crippen molar-refractivity contribution in [3.8, 4) is 22.6 Å². The minimum atomic E-state index is -0.419. The summed E-state index contributed by atoms with van der Waals surface area (Å²) in [6, 6.07) is 13.4. The first-order valence-electron chi connectivity index (χ1n) is 7.73. The lowest BCUT2D eigenvalue weighted by molar-refractivity contribution is -0.130. The van der Waals surface area contributed by atoms with Crippen molar-refractivity contribution in [2.24, 2.45) is 0 Å². The molecule has 124 valence electrons. The number of carbonyl (C=O) groups is 1. The van der Waals surface area contributed by atoms with E-state index in [0.29, 0.717) is 17.9 Å². The lowest BCUT2D eigenvalue weighted by atomic mass is 10.0. The van der Waals surface area contributed by atoms with Gasteiger partial charge in [0.05, 0.1) is 0 Å². The normalized spacial score (nSPS) is 10.1. The summed E-state index contributed by atoms with van der Waals surface area (Å²) in [5.41, 5.74) is 4.63. The van der Waals surface area contributed by atoms with Gasteiger partial charge in [-0.2, -0.15) is 0 Å². The molecule has 2 aromatic carbocycles. The third-order valence-electron chi connectivity index (χ3n) is 3.41. The van der Waals surface area contributed by atoms with Crippen LogP contribution < -0.4 is 9.47 Å². The minimum Gasteiger partial charge on any atom is -0.489 e. The number of carbonyl (C=O) groups excluding carboxylic acids is 1. The average molecular weight is 322 g/mol. The molecule has 0 fully saturated rings. The number of hydrogen-bond donors (Lipinski definition) is 0. The molecule has 3 heteroatoms. The molecule has 0 radical (unpaired) electrons. The van der Waals surface area contributed by atoms with Crippen LogP contribution >= 0.6 is 0 Å². The van der Waals surface area contributed by atoms with Gasteiger partial charge in [0.15, 0.2) is 0 Å². The summed E-state index contributed by atoms with van der Waals surface area (Å²) in [5.74, 6) is 0.912. The molecule has 3 nitrogen and oxygen atoms in total. The summed E-state index contributed by atoms with van der Waals surface area (Å²) >= 11 is 0. The Morgan fingerprint density at radius 3 is 2.17 bits per heavy atom. The molecule has 0 amide bonds. The summed E-state index contributed by atoms with van der Waals surface area (Å²) in [5, 5.41) is 0. The number of rotatable bonds is 6. The van der Waals surface area contributed by atoms with Crippen LogP contribution in [0.2, 0.25) is 0 Å². The zero-order valence-electron chi connectivity index (χ0n) is 14.4. The molecule has 0 atom stereocenters. The minimum absolute atomic E-state index is 0.375. The molecule has 0 saturated heterocycles. The lowest BCUT2D eigenvalue weighted by Crippen LogP contribution is -2.07. The highest BCUT2D eigenvalue weighted by atomic mass is 16.5. The third-order valence-corrected chi connectivity index (χ3v) is 3.41. The van der Waals surface area contributed by atoms with E-state index in [2.05, 4.69) is 13.2 Å². The monoisotopic (exact) mass is 322 g/mol. The van der Waals surface area contributed by atoms with Crippen molar-refractivity contribution in [1.29, 1.82) is 0 Å². The first-order chi connectivity index (χ1) is 11.4. The van der Waals surface area contributed by atoms with Gasteiger partial charge >= 0.3 is 5.97 Å². The molecule has 0 unspecified atom stereocenters. The van der Waals surface area contributed by atoms with Crippen LogP contribution in [0.5, 0.6) is 11.5 Å². The molecule has 24 heavy (non-hydrogen) atoms. The number of benzene rings is 2. The smallest absolute Gasteiger partial charge is 0.338 e. The largest absolute Gasteiger partial charge is 0.489 e. The molecular formula is C21H22O3. The van der Waals surface area contributed by atoms with E-state index in [4.69, 9.17) is 9.47 Å². The summed E-state index contributed by atoms with van der Waals surface area (Å²) < 4.78 is 10.9. The SMILES string of the molecule is C=C(C)COc1ccc(-c2ccc(OC(=O)C(=C)C)cc2)c(C)c1. The first-order valence-corrected chi connectivity index (χ1v) is 7.73. The van der Waals surface area contributed by atoms with Gasteiger partial charge in [-0.15, -0.1) is 0 Å². The average Bonchev–Trinajstić information content (AvgIpc) is 2.54. The van der Waals surface area contributed by atoms with Crippen LogP contribution in [-0.4, -0.2) is 12.6 Å². The maximum atomic E-state index is 11.5. The van der Waals surface area contributed by atoms with E-state index in [-0.39, 0.29) is 0 Å². The number of aryl methyl sites for hydroxylation is 1. The van der Waals surface area contributed by atoms with E-state index in [1.165, 1.54) is 0 Å². The standard InChI is InChI=1S/C21H22O3/c1-14(2)13-23-19-10-11-20(16(5)12-19)17-6-8-18(9-7-17)24-21(22)15(3)4/h6-12H,1,3,13H2,2,4-5H3. The van der Waals surface area contributed by atoms with Crippen molar-refractivity contribution in [3.05, 3.63) is 72.3 Å². The van der Waals surface area contributed by atoms with Gasteiger partial charge in [0.1, 0.15) is 18.1 Å². The highest BCUT2D eigenvalue weighted by Crippen LogP contribution is 2.28. The Kier molecular flexibility index (Phi) is 5.59. The number of esters is 1. The number of hydrogen-bond acceptors (Lipinski definition) is 3. The molecule has 0 aliphatic heterocycles. The van der Waals surface area contributed by atoms with Crippen molar-refractivity contribution in [3.63, 3.8) is 0 Å². The fourth-order valence-corrected chi connectivity index (χ4v) is 2.15. The third kappa shape index (κ3) is 4.59. The molecular weight excluding hydrogens is 300 g/mol. The zero-order chi connectivity index (χ0) is 17.7. The lowest BCUT2D eigenvalue weighted by Gasteiger charge is -2.11. The van der Waals surface area contributed by atoms with Crippen LogP contribution in [0.1, 0.15) is 19.4 Å². The molecule has 0 saturated carbocycles. The second-order valence-corrected chi connectivity index (χ2v) is 5.92. The topological polar surface area (TPSA) is 35.5 Å². The molecule has 0 heterocycles. The highest BCUT2D eigenvalue weighted by molar-refractivity contribution is 5.88. The van der Waals surface area contributed by atoms with E-state index < -0.39 is 5.97 Å². The Balaban J connectivity index is 2.15. The van der Waals surface area contributed by atoms with Gasteiger partial charge in [-0.3, -0.25) is 0 Å². The van der Waals surface area contributed by atoms with Crippen LogP contribution in [0.3, 0.4) is 0 Å². The molecule has 0 N–H and O–H groups in total. The number of ether oxygens (including phenoxy) is 2. The van der Waals surface area contributed by atoms with Gasteiger partial charge in [0.25, 0.3) is 0 Å². The Bertz CT molecular complexity index is 770. The Hall–Kier alpha value is -2.81. The van der Waals surface area contributed by atoms with Crippen LogP contribution in [0.25, 0.3) is 11.1 Å². The van der Waals surface area contributed by atoms with Gasteiger partial charge in [-0.25, -0.2) is 4.79 Å². The summed E-state index contributed by atoms with van der Waals surface area (Å²) in [6.45, 7) is 13.5. The van der Waals surface area contributed by atoms with E-state index >= 15 is 0 Å². The summed E-state index contributed by atoms with van der Waals surface area (Å²) in [7, 11) is 0. The quantitative estimate of drug-likeness (QED) is 0.321. The molecule has 0 aliphatic rings. The molecule has 0 bridgehead atoms. The summed E-state index contributed by atoms with van der Waals surface area (Å²) in [6.07, 6.45) is 0. The van der Waals surface area contributed by atoms with Crippen molar-refractivity contribution < 1.29 is 14.3 Å². The fraction of sp³-hybridized carbons (Fsp3) is 0.190. The van der Waals surface area contributed by atoms with Gasteiger partial charge in [-0.05, 0) is 67.3 Å². The predicted molar refractivity (Wildman–Crippen MR) is 97.4 cm³/mol.